The number of nitrogens with one attached hydrogen (secondary N) is 1. The molecule has 0 aliphatic carbocycles. The average Bonchev–Trinajstić information content (AvgIpc) is 2.64. The van der Waals surface area contributed by atoms with Crippen LogP contribution in [0.5, 0.6) is 0 Å². The molecule has 1 aromatic rings. The van der Waals surface area contributed by atoms with Crippen molar-refractivity contribution in [2.75, 3.05) is 33.2 Å². The van der Waals surface area contributed by atoms with Crippen LogP contribution in [0.15, 0.2) is 30.3 Å². The van der Waals surface area contributed by atoms with E-state index in [1.807, 2.05) is 30.3 Å². The fourth-order valence-electron chi connectivity index (χ4n) is 4.02. The Morgan fingerprint density at radius 1 is 1.04 bits per heavy atom. The van der Waals surface area contributed by atoms with Crippen LogP contribution in [0.25, 0.3) is 0 Å². The molecule has 0 aromatic heterocycles. The summed E-state index contributed by atoms with van der Waals surface area (Å²) in [7, 11) is 2.20. The molecule has 3 rings (SSSR count). The zero-order valence-electron chi connectivity index (χ0n) is 16.4. The Hall–Kier alpha value is -0.850. The molecule has 3 N–H and O–H groups in total. The van der Waals surface area contributed by atoms with Gasteiger partial charge in [-0.3, -0.25) is 4.79 Å². The molecule has 0 spiro atoms. The molecule has 2 saturated heterocycles. The van der Waals surface area contributed by atoms with Crippen molar-refractivity contribution in [3.05, 3.63) is 35.9 Å². The van der Waals surface area contributed by atoms with E-state index in [0.717, 1.165) is 37.5 Å². The molecule has 2 aliphatic heterocycles. The van der Waals surface area contributed by atoms with Gasteiger partial charge in [0.2, 0.25) is 5.91 Å². The topological polar surface area (TPSA) is 61.6 Å². The molecule has 1 unspecified atom stereocenters. The van der Waals surface area contributed by atoms with Crippen LogP contribution in [0.1, 0.15) is 38.2 Å². The standard InChI is InChI=1S/C20H32N4O.2ClH/c1-20(21,16-6-4-3-5-7-16)19(25)22-17-8-14-24(15-9-17)18-10-12-23(2)13-11-18;;/h3-7,17-18H,8-15,21H2,1-2H3,(H,22,25);2*1H. The van der Waals surface area contributed by atoms with Gasteiger partial charge in [-0.25, -0.2) is 0 Å². The largest absolute Gasteiger partial charge is 0.351 e. The van der Waals surface area contributed by atoms with E-state index in [0.29, 0.717) is 0 Å². The van der Waals surface area contributed by atoms with Crippen LogP contribution in [0.2, 0.25) is 0 Å². The third-order valence-electron chi connectivity index (χ3n) is 5.91. The smallest absolute Gasteiger partial charge is 0.244 e. The second kappa shape index (κ2) is 10.6. The first kappa shape index (κ1) is 24.2. The summed E-state index contributed by atoms with van der Waals surface area (Å²) < 4.78 is 0. The Labute approximate surface area is 175 Å². The average molecular weight is 417 g/mol. The summed E-state index contributed by atoms with van der Waals surface area (Å²) in [4.78, 5) is 17.7. The lowest BCUT2D eigenvalue weighted by Gasteiger charge is -2.41. The van der Waals surface area contributed by atoms with Crippen LogP contribution in [0, 0.1) is 0 Å². The number of carbonyl (C=O) groups is 1. The molecule has 2 aliphatic rings. The summed E-state index contributed by atoms with van der Waals surface area (Å²) in [5.41, 5.74) is 6.21. The van der Waals surface area contributed by atoms with Gasteiger partial charge in [0.25, 0.3) is 0 Å². The van der Waals surface area contributed by atoms with E-state index in [-0.39, 0.29) is 36.8 Å². The lowest BCUT2D eigenvalue weighted by Crippen LogP contribution is -2.55. The number of rotatable bonds is 4. The minimum atomic E-state index is -0.980. The normalized spacial score (nSPS) is 22.2. The van der Waals surface area contributed by atoms with Gasteiger partial charge in [0, 0.05) is 25.2 Å². The predicted octanol–water partition coefficient (Wildman–Crippen LogP) is 2.38. The maximum atomic E-state index is 12.7. The van der Waals surface area contributed by atoms with Gasteiger partial charge in [-0.15, -0.1) is 24.8 Å². The van der Waals surface area contributed by atoms with Crippen LogP contribution in [0.3, 0.4) is 0 Å². The summed E-state index contributed by atoms with van der Waals surface area (Å²) in [6, 6.07) is 10.6. The maximum absolute atomic E-state index is 12.7. The minimum Gasteiger partial charge on any atom is -0.351 e. The monoisotopic (exact) mass is 416 g/mol. The van der Waals surface area contributed by atoms with Gasteiger partial charge >= 0.3 is 0 Å². The Balaban J connectivity index is 0.00000182. The number of halogens is 2. The zero-order chi connectivity index (χ0) is 17.9. The lowest BCUT2D eigenvalue weighted by atomic mass is 9.91. The molecule has 27 heavy (non-hydrogen) atoms. The number of hydrogen-bond acceptors (Lipinski definition) is 4. The van der Waals surface area contributed by atoms with E-state index in [4.69, 9.17) is 5.73 Å². The first-order chi connectivity index (χ1) is 12.0. The first-order valence-corrected chi connectivity index (χ1v) is 9.55. The van der Waals surface area contributed by atoms with Crippen LogP contribution < -0.4 is 11.1 Å². The van der Waals surface area contributed by atoms with Crippen molar-refractivity contribution in [2.24, 2.45) is 5.73 Å². The van der Waals surface area contributed by atoms with Crippen molar-refractivity contribution in [1.82, 2.24) is 15.1 Å². The molecule has 1 amide bonds. The van der Waals surface area contributed by atoms with E-state index < -0.39 is 5.54 Å². The zero-order valence-corrected chi connectivity index (χ0v) is 18.0. The van der Waals surface area contributed by atoms with Crippen molar-refractivity contribution in [3.63, 3.8) is 0 Å². The molecule has 5 nitrogen and oxygen atoms in total. The van der Waals surface area contributed by atoms with Crippen molar-refractivity contribution >= 4 is 30.7 Å². The molecule has 0 radical (unpaired) electrons. The summed E-state index contributed by atoms with van der Waals surface area (Å²) in [5, 5.41) is 3.19. The van der Waals surface area contributed by atoms with Gasteiger partial charge in [-0.2, -0.15) is 0 Å². The Morgan fingerprint density at radius 2 is 1.59 bits per heavy atom. The highest BCUT2D eigenvalue weighted by atomic mass is 35.5. The van der Waals surface area contributed by atoms with Crippen LogP contribution >= 0.6 is 24.8 Å². The number of nitrogens with two attached hydrogens (primary N) is 1. The second-order valence-corrected chi connectivity index (χ2v) is 7.89. The van der Waals surface area contributed by atoms with Gasteiger partial charge < -0.3 is 20.9 Å². The van der Waals surface area contributed by atoms with Gasteiger partial charge in [0.15, 0.2) is 0 Å². The number of hydrogen-bond donors (Lipinski definition) is 2. The molecular formula is C20H34Cl2N4O. The van der Waals surface area contributed by atoms with Gasteiger partial charge in [0.05, 0.1) is 0 Å². The summed E-state index contributed by atoms with van der Waals surface area (Å²) >= 11 is 0. The number of piperidine rings is 2. The minimum absolute atomic E-state index is 0. The van der Waals surface area contributed by atoms with Gasteiger partial charge in [0.1, 0.15) is 5.54 Å². The van der Waals surface area contributed by atoms with E-state index >= 15 is 0 Å². The molecule has 154 valence electrons. The predicted molar refractivity (Wildman–Crippen MR) is 116 cm³/mol. The van der Waals surface area contributed by atoms with Gasteiger partial charge in [-0.05, 0) is 58.3 Å². The summed E-state index contributed by atoms with van der Waals surface area (Å²) in [5.74, 6) is -0.0727. The van der Waals surface area contributed by atoms with Gasteiger partial charge in [-0.1, -0.05) is 30.3 Å². The highest BCUT2D eigenvalue weighted by Gasteiger charge is 2.33. The third-order valence-corrected chi connectivity index (χ3v) is 5.91. The quantitative estimate of drug-likeness (QED) is 0.790. The molecule has 0 saturated carbocycles. The molecule has 1 atom stereocenters. The number of carbonyl (C=O) groups excluding carboxylic acids is 1. The fraction of sp³-hybridized carbons (Fsp3) is 0.650. The number of likely N-dealkylation sites (tertiary alicyclic amines) is 2. The number of nitrogens with zero attached hydrogens (tertiary/aromatic N) is 2. The molecule has 2 fully saturated rings. The van der Waals surface area contributed by atoms with Crippen LogP contribution in [-0.2, 0) is 10.3 Å². The first-order valence-electron chi connectivity index (χ1n) is 9.55. The van der Waals surface area contributed by atoms with E-state index in [1.54, 1.807) is 6.92 Å². The third kappa shape index (κ3) is 6.06. The molecule has 0 bridgehead atoms. The van der Waals surface area contributed by atoms with Crippen LogP contribution in [0.4, 0.5) is 0 Å². The lowest BCUT2D eigenvalue weighted by molar-refractivity contribution is -0.127. The molecule has 1 aromatic carbocycles. The number of benzene rings is 1. The molecule has 2 heterocycles. The summed E-state index contributed by atoms with van der Waals surface area (Å²) in [6.07, 6.45) is 4.57. The number of amides is 1. The molecular weight excluding hydrogens is 383 g/mol. The van der Waals surface area contributed by atoms with Crippen molar-refractivity contribution < 1.29 is 4.79 Å². The summed E-state index contributed by atoms with van der Waals surface area (Å²) in [6.45, 7) is 6.34. The Bertz CT molecular complexity index is 569. The highest BCUT2D eigenvalue weighted by Crippen LogP contribution is 2.22. The second-order valence-electron chi connectivity index (χ2n) is 7.89. The fourth-order valence-corrected chi connectivity index (χ4v) is 4.02. The van der Waals surface area contributed by atoms with E-state index in [9.17, 15) is 4.79 Å². The van der Waals surface area contributed by atoms with Crippen molar-refractivity contribution in [3.8, 4) is 0 Å². The molecule has 7 heteroatoms. The van der Waals surface area contributed by atoms with Crippen molar-refractivity contribution in [1.29, 1.82) is 0 Å². The maximum Gasteiger partial charge on any atom is 0.244 e. The van der Waals surface area contributed by atoms with E-state index in [2.05, 4.69) is 22.2 Å². The Morgan fingerprint density at radius 3 is 2.15 bits per heavy atom. The van der Waals surface area contributed by atoms with E-state index in [1.165, 1.54) is 25.9 Å². The SMILES string of the molecule is CN1CCC(N2CCC(NC(=O)C(C)(N)c3ccccc3)CC2)CC1.Cl.Cl. The van der Waals surface area contributed by atoms with Crippen molar-refractivity contribution in [2.45, 2.75) is 50.2 Å². The Kier molecular flexibility index (Phi) is 9.52. The van der Waals surface area contributed by atoms with Crippen LogP contribution in [-0.4, -0.2) is 61.0 Å². The highest BCUT2D eigenvalue weighted by molar-refractivity contribution is 5.87.